The molecule has 0 saturated heterocycles. The van der Waals surface area contributed by atoms with Crippen LogP contribution in [0.25, 0.3) is 0 Å². The Hall–Kier alpha value is -0.130. The molecule has 0 fully saturated rings. The van der Waals surface area contributed by atoms with Crippen molar-refractivity contribution in [3.05, 3.63) is 0 Å². The van der Waals surface area contributed by atoms with Crippen LogP contribution in [0.1, 0.15) is 33.6 Å². The van der Waals surface area contributed by atoms with E-state index in [0.717, 1.165) is 6.42 Å². The minimum atomic E-state index is -2.98. The van der Waals surface area contributed by atoms with Gasteiger partial charge >= 0.3 is 0 Å². The highest BCUT2D eigenvalue weighted by molar-refractivity contribution is 7.92. The largest absolute Gasteiger partial charge is 0.385 e. The molecule has 0 aromatic rings. The van der Waals surface area contributed by atoms with Crippen LogP contribution in [-0.4, -0.2) is 45.7 Å². The molecule has 0 rings (SSSR count). The van der Waals surface area contributed by atoms with Gasteiger partial charge in [0.2, 0.25) is 0 Å². The lowest BCUT2D eigenvalue weighted by Crippen LogP contribution is -2.37. The van der Waals surface area contributed by atoms with Crippen LogP contribution < -0.4 is 5.32 Å². The summed E-state index contributed by atoms with van der Waals surface area (Å²) in [7, 11) is -1.40. The first kappa shape index (κ1) is 15.9. The van der Waals surface area contributed by atoms with E-state index < -0.39 is 9.84 Å². The Bertz CT molecular complexity index is 264. The number of hydrogen-bond donors (Lipinski definition) is 1. The molecule has 0 aromatic heterocycles. The first-order chi connectivity index (χ1) is 7.44. The Labute approximate surface area is 99.7 Å². The van der Waals surface area contributed by atoms with Gasteiger partial charge in [0.1, 0.15) is 0 Å². The van der Waals surface area contributed by atoms with Gasteiger partial charge in [-0.25, -0.2) is 8.42 Å². The fourth-order valence-electron chi connectivity index (χ4n) is 1.24. The summed E-state index contributed by atoms with van der Waals surface area (Å²) < 4.78 is 28.5. The summed E-state index contributed by atoms with van der Waals surface area (Å²) in [4.78, 5) is 0. The van der Waals surface area contributed by atoms with E-state index in [1.165, 1.54) is 0 Å². The number of ether oxygens (including phenoxy) is 1. The number of sulfone groups is 1. The first-order valence-electron chi connectivity index (χ1n) is 5.88. The number of rotatable bonds is 9. The molecule has 0 aliphatic rings. The molecular formula is C11H25NO3S. The maximum Gasteiger partial charge on any atom is 0.154 e. The van der Waals surface area contributed by atoms with Gasteiger partial charge in [-0.1, -0.05) is 6.92 Å². The van der Waals surface area contributed by atoms with Crippen LogP contribution in [0.4, 0.5) is 0 Å². The quantitative estimate of drug-likeness (QED) is 0.626. The van der Waals surface area contributed by atoms with Crippen molar-refractivity contribution >= 4 is 9.84 Å². The Morgan fingerprint density at radius 2 is 1.94 bits per heavy atom. The Morgan fingerprint density at radius 3 is 2.44 bits per heavy atom. The summed E-state index contributed by atoms with van der Waals surface area (Å²) in [5.41, 5.74) is 0. The van der Waals surface area contributed by atoms with Gasteiger partial charge in [-0.15, -0.1) is 0 Å². The third-order valence-corrected chi connectivity index (χ3v) is 5.01. The molecule has 0 amide bonds. The van der Waals surface area contributed by atoms with Crippen molar-refractivity contribution in [2.45, 2.75) is 44.9 Å². The van der Waals surface area contributed by atoms with Crippen molar-refractivity contribution in [3.63, 3.8) is 0 Å². The molecule has 0 aliphatic heterocycles. The number of methoxy groups -OCH3 is 1. The smallest absolute Gasteiger partial charge is 0.154 e. The van der Waals surface area contributed by atoms with Crippen molar-refractivity contribution in [1.82, 2.24) is 5.32 Å². The lowest BCUT2D eigenvalue weighted by Gasteiger charge is -2.17. The van der Waals surface area contributed by atoms with E-state index in [9.17, 15) is 8.42 Å². The summed E-state index contributed by atoms with van der Waals surface area (Å²) in [6, 6.07) is 0.372. The molecule has 0 bridgehead atoms. The van der Waals surface area contributed by atoms with E-state index in [2.05, 4.69) is 19.2 Å². The van der Waals surface area contributed by atoms with E-state index >= 15 is 0 Å². The fourth-order valence-corrected chi connectivity index (χ4v) is 2.52. The molecule has 2 atom stereocenters. The van der Waals surface area contributed by atoms with E-state index in [-0.39, 0.29) is 11.0 Å². The van der Waals surface area contributed by atoms with Crippen LogP contribution in [0.2, 0.25) is 0 Å². The van der Waals surface area contributed by atoms with E-state index in [1.54, 1.807) is 14.0 Å². The predicted octanol–water partition coefficient (Wildman–Crippen LogP) is 1.21. The number of hydrogen-bond acceptors (Lipinski definition) is 4. The zero-order valence-corrected chi connectivity index (χ0v) is 11.6. The average Bonchev–Trinajstić information content (AvgIpc) is 2.25. The lowest BCUT2D eigenvalue weighted by molar-refractivity contribution is 0.199. The Kier molecular flexibility index (Phi) is 7.97. The molecule has 0 spiro atoms. The van der Waals surface area contributed by atoms with Crippen LogP contribution in [0.3, 0.4) is 0 Å². The molecule has 0 saturated carbocycles. The highest BCUT2D eigenvalue weighted by Gasteiger charge is 2.20. The fraction of sp³-hybridized carbons (Fsp3) is 1.00. The monoisotopic (exact) mass is 251 g/mol. The molecule has 16 heavy (non-hydrogen) atoms. The minimum Gasteiger partial charge on any atom is -0.385 e. The highest BCUT2D eigenvalue weighted by atomic mass is 32.2. The summed E-state index contributed by atoms with van der Waals surface area (Å²) in [5, 5.41) is 2.90. The third-order valence-electron chi connectivity index (χ3n) is 2.76. The lowest BCUT2D eigenvalue weighted by atomic mass is 10.2. The van der Waals surface area contributed by atoms with Gasteiger partial charge in [0.15, 0.2) is 9.84 Å². The van der Waals surface area contributed by atoms with E-state index in [1.807, 2.05) is 0 Å². The van der Waals surface area contributed by atoms with Crippen LogP contribution in [-0.2, 0) is 14.6 Å². The SMILES string of the molecule is CCC(C)NCC(C)S(=O)(=O)CCCOC. The molecular weight excluding hydrogens is 226 g/mol. The van der Waals surface area contributed by atoms with Crippen molar-refractivity contribution in [2.75, 3.05) is 26.0 Å². The van der Waals surface area contributed by atoms with Gasteiger partial charge in [0, 0.05) is 26.3 Å². The maximum absolute atomic E-state index is 11.8. The zero-order chi connectivity index (χ0) is 12.6. The van der Waals surface area contributed by atoms with Crippen molar-refractivity contribution < 1.29 is 13.2 Å². The van der Waals surface area contributed by atoms with Crippen molar-refractivity contribution in [3.8, 4) is 0 Å². The Morgan fingerprint density at radius 1 is 1.31 bits per heavy atom. The summed E-state index contributed by atoms with van der Waals surface area (Å²) in [6.07, 6.45) is 1.59. The van der Waals surface area contributed by atoms with Crippen molar-refractivity contribution in [1.29, 1.82) is 0 Å². The maximum atomic E-state index is 11.8. The standard InChI is InChI=1S/C11H25NO3S/c1-5-10(2)12-9-11(3)16(13,14)8-6-7-15-4/h10-12H,5-9H2,1-4H3. The normalized spacial score (nSPS) is 16.0. The second-order valence-electron chi connectivity index (χ2n) is 4.24. The molecule has 0 aliphatic carbocycles. The van der Waals surface area contributed by atoms with Crippen LogP contribution in [0, 0.1) is 0 Å². The molecule has 0 radical (unpaired) electrons. The molecule has 2 unspecified atom stereocenters. The molecule has 0 heterocycles. The summed E-state index contributed by atoms with van der Waals surface area (Å²) in [5.74, 6) is 0.212. The van der Waals surface area contributed by atoms with Crippen molar-refractivity contribution in [2.24, 2.45) is 0 Å². The van der Waals surface area contributed by atoms with E-state index in [4.69, 9.17) is 4.74 Å². The molecule has 1 N–H and O–H groups in total. The van der Waals surface area contributed by atoms with Crippen LogP contribution in [0.15, 0.2) is 0 Å². The topological polar surface area (TPSA) is 55.4 Å². The first-order valence-corrected chi connectivity index (χ1v) is 7.59. The summed E-state index contributed by atoms with van der Waals surface area (Å²) >= 11 is 0. The van der Waals surface area contributed by atoms with Gasteiger partial charge < -0.3 is 10.1 Å². The van der Waals surface area contributed by atoms with Gasteiger partial charge in [-0.2, -0.15) is 0 Å². The zero-order valence-electron chi connectivity index (χ0n) is 10.8. The van der Waals surface area contributed by atoms with Crippen LogP contribution in [0.5, 0.6) is 0 Å². The van der Waals surface area contributed by atoms with Gasteiger partial charge in [-0.3, -0.25) is 0 Å². The Balaban J connectivity index is 3.99. The molecule has 0 aromatic carbocycles. The molecule has 98 valence electrons. The summed E-state index contributed by atoms with van der Waals surface area (Å²) in [6.45, 7) is 6.94. The predicted molar refractivity (Wildman–Crippen MR) is 67.5 cm³/mol. The van der Waals surface area contributed by atoms with Crippen LogP contribution >= 0.6 is 0 Å². The van der Waals surface area contributed by atoms with Gasteiger partial charge in [0.05, 0.1) is 11.0 Å². The van der Waals surface area contributed by atoms with E-state index in [0.29, 0.717) is 25.6 Å². The second-order valence-corrected chi connectivity index (χ2v) is 6.78. The molecule has 5 heteroatoms. The number of nitrogens with one attached hydrogen (secondary N) is 1. The van der Waals surface area contributed by atoms with Gasteiger partial charge in [-0.05, 0) is 26.7 Å². The molecule has 4 nitrogen and oxygen atoms in total. The highest BCUT2D eigenvalue weighted by Crippen LogP contribution is 2.04. The second kappa shape index (κ2) is 8.03. The minimum absolute atomic E-state index is 0.212. The average molecular weight is 251 g/mol. The third kappa shape index (κ3) is 6.45. The van der Waals surface area contributed by atoms with Gasteiger partial charge in [0.25, 0.3) is 0 Å².